The summed E-state index contributed by atoms with van der Waals surface area (Å²) in [6, 6.07) is 6.15. The Morgan fingerprint density at radius 1 is 1.27 bits per heavy atom. The molecule has 0 heterocycles. The van der Waals surface area contributed by atoms with Crippen LogP contribution in [0.3, 0.4) is 0 Å². The zero-order valence-electron chi connectivity index (χ0n) is 8.01. The van der Waals surface area contributed by atoms with Gasteiger partial charge in [-0.05, 0) is 17.7 Å². The second kappa shape index (κ2) is 4.27. The fourth-order valence-electron chi connectivity index (χ4n) is 1.11. The fraction of sp³-hybridized carbons (Fsp3) is 0.100. The van der Waals surface area contributed by atoms with Crippen molar-refractivity contribution in [1.82, 2.24) is 0 Å². The summed E-state index contributed by atoms with van der Waals surface area (Å²) in [7, 11) is -3.35. The molecular weight excluding hydrogens is 216 g/mol. The molecule has 1 aromatic rings. The highest BCUT2D eigenvalue weighted by Gasteiger charge is 2.10. The summed E-state index contributed by atoms with van der Waals surface area (Å²) < 4.78 is 22.6. The molecule has 0 aliphatic carbocycles. The van der Waals surface area contributed by atoms with Crippen molar-refractivity contribution in [2.45, 2.75) is 4.90 Å². The van der Waals surface area contributed by atoms with Gasteiger partial charge in [0.2, 0.25) is 0 Å². The van der Waals surface area contributed by atoms with Gasteiger partial charge in [-0.15, -0.1) is 0 Å². The molecule has 0 aliphatic heterocycles. The second-order valence-electron chi connectivity index (χ2n) is 2.96. The SMILES string of the molecule is CS(=O)(=O)c1ccccc1C=CC([O])=O. The first-order chi connectivity index (χ1) is 6.91. The molecule has 0 saturated carbocycles. The van der Waals surface area contributed by atoms with Crippen molar-refractivity contribution >= 4 is 21.9 Å². The average molecular weight is 225 g/mol. The van der Waals surface area contributed by atoms with E-state index >= 15 is 0 Å². The van der Waals surface area contributed by atoms with E-state index in [-0.39, 0.29) is 4.90 Å². The number of hydrogen-bond acceptors (Lipinski definition) is 3. The lowest BCUT2D eigenvalue weighted by Crippen LogP contribution is -1.99. The molecule has 1 aromatic carbocycles. The highest BCUT2D eigenvalue weighted by Crippen LogP contribution is 2.16. The third kappa shape index (κ3) is 3.21. The average Bonchev–Trinajstić information content (AvgIpc) is 2.13. The van der Waals surface area contributed by atoms with Gasteiger partial charge in [0.25, 0.3) is 0 Å². The van der Waals surface area contributed by atoms with Gasteiger partial charge in [0.05, 0.1) is 4.90 Å². The third-order valence-electron chi connectivity index (χ3n) is 1.72. The number of benzene rings is 1. The summed E-state index contributed by atoms with van der Waals surface area (Å²) in [5, 5.41) is 10.2. The minimum absolute atomic E-state index is 0.0995. The van der Waals surface area contributed by atoms with Crippen molar-refractivity contribution in [3.05, 3.63) is 35.9 Å². The van der Waals surface area contributed by atoms with E-state index in [1.807, 2.05) is 0 Å². The molecule has 4 nitrogen and oxygen atoms in total. The van der Waals surface area contributed by atoms with Gasteiger partial charge in [-0.1, -0.05) is 18.2 Å². The molecule has 0 saturated heterocycles. The predicted molar refractivity (Wildman–Crippen MR) is 54.3 cm³/mol. The quantitative estimate of drug-likeness (QED) is 0.722. The molecule has 1 radical (unpaired) electrons. The first kappa shape index (κ1) is 11.5. The Hall–Kier alpha value is -1.62. The number of carbonyl (C=O) groups excluding carboxylic acids is 1. The smallest absolute Gasteiger partial charge is 0.242 e. The van der Waals surface area contributed by atoms with E-state index in [4.69, 9.17) is 0 Å². The van der Waals surface area contributed by atoms with Crippen molar-refractivity contribution in [3.63, 3.8) is 0 Å². The lowest BCUT2D eigenvalue weighted by atomic mass is 10.2. The van der Waals surface area contributed by atoms with Crippen LogP contribution in [0.1, 0.15) is 5.56 Å². The van der Waals surface area contributed by atoms with Crippen LogP contribution in [-0.4, -0.2) is 20.6 Å². The topological polar surface area (TPSA) is 71.1 Å². The molecule has 0 amide bonds. The van der Waals surface area contributed by atoms with E-state index < -0.39 is 15.8 Å². The molecular formula is C10H9O4S. The first-order valence-corrected chi connectivity index (χ1v) is 5.98. The maximum atomic E-state index is 11.3. The van der Waals surface area contributed by atoms with Crippen LogP contribution in [0.5, 0.6) is 0 Å². The Morgan fingerprint density at radius 2 is 1.87 bits per heavy atom. The summed E-state index contributed by atoms with van der Waals surface area (Å²) in [6.07, 6.45) is 3.06. The van der Waals surface area contributed by atoms with Crippen molar-refractivity contribution in [2.75, 3.05) is 6.26 Å². The van der Waals surface area contributed by atoms with Crippen molar-refractivity contribution in [2.24, 2.45) is 0 Å². The minimum Gasteiger partial charge on any atom is -0.242 e. The number of hydrogen-bond donors (Lipinski definition) is 0. The molecule has 79 valence electrons. The third-order valence-corrected chi connectivity index (χ3v) is 2.89. The van der Waals surface area contributed by atoms with Crippen LogP contribution in [0, 0.1) is 0 Å². The fourth-order valence-corrected chi connectivity index (χ4v) is 2.00. The summed E-state index contributed by atoms with van der Waals surface area (Å²) in [6.45, 7) is 0. The summed E-state index contributed by atoms with van der Waals surface area (Å²) in [5.74, 6) is -1.36. The first-order valence-electron chi connectivity index (χ1n) is 4.09. The molecule has 1 rings (SSSR count). The lowest BCUT2D eigenvalue weighted by molar-refractivity contribution is -0.137. The van der Waals surface area contributed by atoms with Crippen LogP contribution >= 0.6 is 0 Å². The normalized spacial score (nSPS) is 11.8. The van der Waals surface area contributed by atoms with Gasteiger partial charge >= 0.3 is 5.97 Å². The van der Waals surface area contributed by atoms with Gasteiger partial charge in [0.1, 0.15) is 0 Å². The Bertz CT molecular complexity index is 500. The van der Waals surface area contributed by atoms with Crippen LogP contribution in [0.25, 0.3) is 6.08 Å². The van der Waals surface area contributed by atoms with Gasteiger partial charge in [-0.25, -0.2) is 18.3 Å². The Morgan fingerprint density at radius 3 is 2.40 bits per heavy atom. The van der Waals surface area contributed by atoms with E-state index in [9.17, 15) is 18.3 Å². The molecule has 0 aromatic heterocycles. The second-order valence-corrected chi connectivity index (χ2v) is 4.95. The highest BCUT2D eigenvalue weighted by atomic mass is 32.2. The van der Waals surface area contributed by atoms with E-state index in [1.54, 1.807) is 12.1 Å². The highest BCUT2D eigenvalue weighted by molar-refractivity contribution is 7.90. The molecule has 0 spiro atoms. The van der Waals surface area contributed by atoms with Crippen LogP contribution in [-0.2, 0) is 19.7 Å². The largest absolute Gasteiger partial charge is 0.379 e. The molecule has 15 heavy (non-hydrogen) atoms. The van der Waals surface area contributed by atoms with Crippen LogP contribution in [0.15, 0.2) is 35.2 Å². The van der Waals surface area contributed by atoms with Gasteiger partial charge in [0, 0.05) is 12.3 Å². The Kier molecular flexibility index (Phi) is 3.26. The molecule has 0 aliphatic rings. The van der Waals surface area contributed by atoms with Crippen molar-refractivity contribution in [1.29, 1.82) is 0 Å². The van der Waals surface area contributed by atoms with E-state index in [1.165, 1.54) is 18.2 Å². The zero-order chi connectivity index (χ0) is 11.5. The molecule has 0 fully saturated rings. The molecule has 0 N–H and O–H groups in total. The van der Waals surface area contributed by atoms with Gasteiger partial charge in [0.15, 0.2) is 9.84 Å². The molecule has 0 bridgehead atoms. The predicted octanol–water partition coefficient (Wildman–Crippen LogP) is 1.06. The molecule has 5 heteroatoms. The minimum atomic E-state index is -3.35. The summed E-state index contributed by atoms with van der Waals surface area (Å²) >= 11 is 0. The molecule has 0 unspecified atom stereocenters. The van der Waals surface area contributed by atoms with Crippen LogP contribution < -0.4 is 0 Å². The molecule has 0 atom stereocenters. The standard InChI is InChI=1S/C10H9O4S/c1-15(13,14)9-5-3-2-4-8(9)6-7-10(11)12/h2-7H,1H3. The Labute approximate surface area is 87.8 Å². The number of rotatable bonds is 3. The lowest BCUT2D eigenvalue weighted by Gasteiger charge is -2.01. The van der Waals surface area contributed by atoms with E-state index in [0.29, 0.717) is 5.56 Å². The number of sulfone groups is 1. The summed E-state index contributed by atoms with van der Waals surface area (Å²) in [5.41, 5.74) is 0.337. The summed E-state index contributed by atoms with van der Waals surface area (Å²) in [4.78, 5) is 10.3. The van der Waals surface area contributed by atoms with Gasteiger partial charge < -0.3 is 0 Å². The van der Waals surface area contributed by atoms with Gasteiger partial charge in [-0.2, -0.15) is 0 Å². The van der Waals surface area contributed by atoms with Crippen LogP contribution in [0.4, 0.5) is 0 Å². The van der Waals surface area contributed by atoms with E-state index in [2.05, 4.69) is 0 Å². The maximum absolute atomic E-state index is 11.3. The monoisotopic (exact) mass is 225 g/mol. The number of carbonyl (C=O) groups is 1. The Balaban J connectivity index is 3.25. The zero-order valence-corrected chi connectivity index (χ0v) is 8.82. The maximum Gasteiger partial charge on any atom is 0.379 e. The van der Waals surface area contributed by atoms with Crippen LogP contribution in [0.2, 0.25) is 0 Å². The van der Waals surface area contributed by atoms with Crippen molar-refractivity contribution in [3.8, 4) is 0 Å². The van der Waals surface area contributed by atoms with Gasteiger partial charge in [-0.3, -0.25) is 0 Å². The van der Waals surface area contributed by atoms with Crippen molar-refractivity contribution < 1.29 is 18.3 Å². The van der Waals surface area contributed by atoms with E-state index in [0.717, 1.165) is 12.3 Å².